The smallest absolute Gasteiger partial charge is 0.202 e. The van der Waals surface area contributed by atoms with Crippen molar-refractivity contribution >= 4 is 5.95 Å². The predicted molar refractivity (Wildman–Crippen MR) is 44.5 cm³/mol. The maximum Gasteiger partial charge on any atom is 0.202 e. The number of hydrogen-bond donors (Lipinski definition) is 1. The third kappa shape index (κ3) is 1.37. The lowest BCUT2D eigenvalue weighted by Crippen LogP contribution is -2.03. The van der Waals surface area contributed by atoms with Crippen molar-refractivity contribution in [1.82, 2.24) is 9.55 Å². The van der Waals surface area contributed by atoms with Gasteiger partial charge >= 0.3 is 0 Å². The van der Waals surface area contributed by atoms with Crippen LogP contribution in [0.2, 0.25) is 0 Å². The molecule has 0 radical (unpaired) electrons. The highest BCUT2D eigenvalue weighted by Crippen LogP contribution is 2.31. The van der Waals surface area contributed by atoms with E-state index in [1.165, 1.54) is 12.8 Å². The molecular formula is C8H13N3. The zero-order valence-electron chi connectivity index (χ0n) is 6.75. The molecule has 1 aliphatic carbocycles. The van der Waals surface area contributed by atoms with Gasteiger partial charge in [-0.15, -0.1) is 0 Å². The van der Waals surface area contributed by atoms with E-state index >= 15 is 0 Å². The van der Waals surface area contributed by atoms with Gasteiger partial charge in [-0.1, -0.05) is 0 Å². The Balaban J connectivity index is 2.07. The number of rotatable bonds is 3. The van der Waals surface area contributed by atoms with Crippen LogP contribution in [0.3, 0.4) is 0 Å². The first-order valence-electron chi connectivity index (χ1n) is 4.09. The number of imidazole rings is 1. The molecule has 60 valence electrons. The normalized spacial score (nSPS) is 16.8. The molecule has 0 aliphatic heterocycles. The molecule has 3 heteroatoms. The van der Waals surface area contributed by atoms with Crippen molar-refractivity contribution in [2.24, 2.45) is 5.92 Å². The number of nitrogens with one attached hydrogen (secondary N) is 1. The van der Waals surface area contributed by atoms with Crippen LogP contribution in [0.25, 0.3) is 0 Å². The highest BCUT2D eigenvalue weighted by molar-refractivity contribution is 5.24. The van der Waals surface area contributed by atoms with Crippen LogP contribution in [-0.4, -0.2) is 16.6 Å². The van der Waals surface area contributed by atoms with Crippen LogP contribution < -0.4 is 5.32 Å². The summed E-state index contributed by atoms with van der Waals surface area (Å²) >= 11 is 0. The molecule has 1 aliphatic rings. The van der Waals surface area contributed by atoms with Gasteiger partial charge in [0.25, 0.3) is 0 Å². The molecule has 0 saturated heterocycles. The summed E-state index contributed by atoms with van der Waals surface area (Å²) in [5.74, 6) is 1.90. The summed E-state index contributed by atoms with van der Waals surface area (Å²) in [6, 6.07) is 0. The lowest BCUT2D eigenvalue weighted by atomic mass is 10.4. The number of aromatic nitrogens is 2. The van der Waals surface area contributed by atoms with E-state index in [-0.39, 0.29) is 0 Å². The Morgan fingerprint density at radius 3 is 3.18 bits per heavy atom. The summed E-state index contributed by atoms with van der Waals surface area (Å²) in [5, 5.41) is 3.06. The third-order valence-corrected chi connectivity index (χ3v) is 2.09. The van der Waals surface area contributed by atoms with Crippen molar-refractivity contribution in [3.63, 3.8) is 0 Å². The van der Waals surface area contributed by atoms with E-state index in [1.807, 2.05) is 19.4 Å². The quantitative estimate of drug-likeness (QED) is 0.706. The minimum atomic E-state index is 0.913. The van der Waals surface area contributed by atoms with Crippen molar-refractivity contribution in [2.75, 3.05) is 12.4 Å². The van der Waals surface area contributed by atoms with Gasteiger partial charge in [-0.2, -0.15) is 0 Å². The topological polar surface area (TPSA) is 29.9 Å². The zero-order valence-corrected chi connectivity index (χ0v) is 6.75. The first kappa shape index (κ1) is 6.70. The second-order valence-corrected chi connectivity index (χ2v) is 3.10. The molecule has 0 unspecified atom stereocenters. The first-order valence-corrected chi connectivity index (χ1v) is 4.09. The molecule has 3 nitrogen and oxygen atoms in total. The van der Waals surface area contributed by atoms with E-state index in [0.29, 0.717) is 0 Å². The van der Waals surface area contributed by atoms with Gasteiger partial charge in [0.05, 0.1) is 0 Å². The van der Waals surface area contributed by atoms with Crippen molar-refractivity contribution in [2.45, 2.75) is 19.4 Å². The fourth-order valence-electron chi connectivity index (χ4n) is 1.26. The van der Waals surface area contributed by atoms with Crippen LogP contribution in [-0.2, 0) is 6.54 Å². The van der Waals surface area contributed by atoms with Crippen LogP contribution in [0.15, 0.2) is 12.4 Å². The molecule has 1 saturated carbocycles. The van der Waals surface area contributed by atoms with Crippen molar-refractivity contribution in [3.8, 4) is 0 Å². The van der Waals surface area contributed by atoms with E-state index in [9.17, 15) is 0 Å². The minimum absolute atomic E-state index is 0.913. The third-order valence-electron chi connectivity index (χ3n) is 2.09. The van der Waals surface area contributed by atoms with E-state index in [4.69, 9.17) is 0 Å². The van der Waals surface area contributed by atoms with Gasteiger partial charge < -0.3 is 9.88 Å². The Labute approximate surface area is 66.4 Å². The lowest BCUT2D eigenvalue weighted by molar-refractivity contribution is 0.632. The highest BCUT2D eigenvalue weighted by Gasteiger charge is 2.22. The molecule has 2 rings (SSSR count). The second kappa shape index (κ2) is 2.57. The van der Waals surface area contributed by atoms with Crippen LogP contribution >= 0.6 is 0 Å². The Kier molecular flexibility index (Phi) is 1.56. The Morgan fingerprint density at radius 1 is 1.73 bits per heavy atom. The average molecular weight is 151 g/mol. The van der Waals surface area contributed by atoms with Gasteiger partial charge in [0.1, 0.15) is 0 Å². The molecule has 1 heterocycles. The molecule has 1 aromatic rings. The molecular weight excluding hydrogens is 138 g/mol. The molecule has 1 fully saturated rings. The molecule has 1 aromatic heterocycles. The first-order chi connectivity index (χ1) is 5.40. The zero-order chi connectivity index (χ0) is 7.68. The summed E-state index contributed by atoms with van der Waals surface area (Å²) in [7, 11) is 1.91. The van der Waals surface area contributed by atoms with E-state index in [1.54, 1.807) is 0 Å². The number of nitrogens with zero attached hydrogens (tertiary/aromatic N) is 2. The summed E-state index contributed by atoms with van der Waals surface area (Å²) in [5.41, 5.74) is 0. The SMILES string of the molecule is CNc1nccn1CC1CC1. The van der Waals surface area contributed by atoms with E-state index in [2.05, 4.69) is 14.9 Å². The van der Waals surface area contributed by atoms with Gasteiger partial charge in [-0.05, 0) is 18.8 Å². The number of hydrogen-bond acceptors (Lipinski definition) is 2. The molecule has 0 atom stereocenters. The van der Waals surface area contributed by atoms with Crippen LogP contribution in [0.5, 0.6) is 0 Å². The van der Waals surface area contributed by atoms with Crippen LogP contribution in [0, 0.1) is 5.92 Å². The standard InChI is InChI=1S/C8H13N3/c1-9-8-10-4-5-11(8)6-7-2-3-7/h4-5,7H,2-3,6H2,1H3,(H,9,10). The summed E-state index contributed by atoms with van der Waals surface area (Å²) in [4.78, 5) is 4.17. The fourth-order valence-corrected chi connectivity index (χ4v) is 1.26. The Bertz CT molecular complexity index is 237. The molecule has 11 heavy (non-hydrogen) atoms. The number of anilines is 1. The minimum Gasteiger partial charge on any atom is -0.359 e. The van der Waals surface area contributed by atoms with Crippen LogP contribution in [0.1, 0.15) is 12.8 Å². The summed E-state index contributed by atoms with van der Waals surface area (Å²) in [6.07, 6.45) is 6.65. The van der Waals surface area contributed by atoms with E-state index in [0.717, 1.165) is 18.4 Å². The lowest BCUT2D eigenvalue weighted by Gasteiger charge is -2.04. The van der Waals surface area contributed by atoms with Crippen molar-refractivity contribution < 1.29 is 0 Å². The Morgan fingerprint density at radius 2 is 2.55 bits per heavy atom. The average Bonchev–Trinajstić information content (AvgIpc) is 2.68. The predicted octanol–water partition coefficient (Wildman–Crippen LogP) is 1.33. The molecule has 1 N–H and O–H groups in total. The van der Waals surface area contributed by atoms with Crippen LogP contribution in [0.4, 0.5) is 5.95 Å². The second-order valence-electron chi connectivity index (χ2n) is 3.10. The molecule has 0 amide bonds. The largest absolute Gasteiger partial charge is 0.359 e. The molecule has 0 bridgehead atoms. The van der Waals surface area contributed by atoms with Gasteiger partial charge in [0.15, 0.2) is 0 Å². The van der Waals surface area contributed by atoms with Crippen molar-refractivity contribution in [1.29, 1.82) is 0 Å². The van der Waals surface area contributed by atoms with Gasteiger partial charge in [0.2, 0.25) is 5.95 Å². The van der Waals surface area contributed by atoms with Gasteiger partial charge in [-0.3, -0.25) is 0 Å². The maximum atomic E-state index is 4.17. The maximum absolute atomic E-state index is 4.17. The fraction of sp³-hybridized carbons (Fsp3) is 0.625. The molecule has 0 spiro atoms. The monoisotopic (exact) mass is 151 g/mol. The van der Waals surface area contributed by atoms with Gasteiger partial charge in [-0.25, -0.2) is 4.98 Å². The Hall–Kier alpha value is -0.990. The van der Waals surface area contributed by atoms with E-state index < -0.39 is 0 Å². The highest BCUT2D eigenvalue weighted by atomic mass is 15.2. The van der Waals surface area contributed by atoms with Gasteiger partial charge in [0, 0.05) is 26.0 Å². The summed E-state index contributed by atoms with van der Waals surface area (Å²) in [6.45, 7) is 1.14. The molecule has 0 aromatic carbocycles. The summed E-state index contributed by atoms with van der Waals surface area (Å²) < 4.78 is 2.18. The van der Waals surface area contributed by atoms with Crippen molar-refractivity contribution in [3.05, 3.63) is 12.4 Å².